The Morgan fingerprint density at radius 2 is 2.16 bits per heavy atom. The fourth-order valence-electron chi connectivity index (χ4n) is 1.60. The number of nitrogens with one attached hydrogen (secondary N) is 1. The monoisotopic (exact) mass is 299 g/mol. The third-order valence-electron chi connectivity index (χ3n) is 2.54. The molecule has 0 aliphatic carbocycles. The molecular weight excluding hydrogens is 285 g/mol. The maximum atomic E-state index is 13.4. The van der Waals surface area contributed by atoms with Crippen LogP contribution in [0.5, 0.6) is 0 Å². The fraction of sp³-hybridized carbons (Fsp3) is 0.385. The third kappa shape index (κ3) is 3.72. The fourth-order valence-corrected chi connectivity index (χ4v) is 2.74. The van der Waals surface area contributed by atoms with Crippen LogP contribution in [-0.4, -0.2) is 22.8 Å². The number of hydrogen-bond acceptors (Lipinski definition) is 4. The van der Waals surface area contributed by atoms with Crippen LogP contribution >= 0.6 is 22.9 Å². The van der Waals surface area contributed by atoms with E-state index in [0.717, 1.165) is 18.0 Å². The highest BCUT2D eigenvalue weighted by Gasteiger charge is 2.12. The van der Waals surface area contributed by atoms with Gasteiger partial charge in [-0.15, -0.1) is 10.2 Å². The van der Waals surface area contributed by atoms with Crippen molar-refractivity contribution in [2.24, 2.45) is 0 Å². The van der Waals surface area contributed by atoms with E-state index in [-0.39, 0.29) is 5.02 Å². The van der Waals surface area contributed by atoms with Gasteiger partial charge in [0.05, 0.1) is 5.02 Å². The van der Waals surface area contributed by atoms with Crippen molar-refractivity contribution in [2.75, 3.05) is 6.54 Å². The highest BCUT2D eigenvalue weighted by atomic mass is 35.5. The van der Waals surface area contributed by atoms with E-state index in [9.17, 15) is 4.39 Å². The Kier molecular flexibility index (Phi) is 4.85. The van der Waals surface area contributed by atoms with Gasteiger partial charge in [0.1, 0.15) is 15.8 Å². The number of hydrogen-bond donors (Lipinski definition) is 1. The lowest BCUT2D eigenvalue weighted by Crippen LogP contribution is -2.24. The van der Waals surface area contributed by atoms with Gasteiger partial charge < -0.3 is 5.32 Å². The SMILES string of the molecule is CC(C)NCCc1nnc(-c2cccc(F)c2Cl)s1. The minimum atomic E-state index is -0.433. The van der Waals surface area contributed by atoms with E-state index < -0.39 is 5.82 Å². The summed E-state index contributed by atoms with van der Waals surface area (Å²) in [6, 6.07) is 5.16. The molecule has 3 nitrogen and oxygen atoms in total. The average Bonchev–Trinajstić information content (AvgIpc) is 2.81. The zero-order valence-electron chi connectivity index (χ0n) is 10.8. The molecule has 0 aliphatic heterocycles. The van der Waals surface area contributed by atoms with Gasteiger partial charge in [-0.25, -0.2) is 4.39 Å². The zero-order chi connectivity index (χ0) is 13.8. The molecule has 0 bridgehead atoms. The molecule has 1 aromatic heterocycles. The molecule has 0 amide bonds. The molecule has 19 heavy (non-hydrogen) atoms. The number of nitrogens with zero attached hydrogens (tertiary/aromatic N) is 2. The van der Waals surface area contributed by atoms with Crippen LogP contribution in [0.3, 0.4) is 0 Å². The first-order valence-electron chi connectivity index (χ1n) is 6.08. The first-order valence-corrected chi connectivity index (χ1v) is 7.27. The first-order chi connectivity index (χ1) is 9.08. The Balaban J connectivity index is 2.10. The molecule has 1 aromatic carbocycles. The summed E-state index contributed by atoms with van der Waals surface area (Å²) in [5, 5.41) is 13.2. The second-order valence-electron chi connectivity index (χ2n) is 4.46. The molecule has 0 saturated carbocycles. The van der Waals surface area contributed by atoms with E-state index in [2.05, 4.69) is 29.4 Å². The van der Waals surface area contributed by atoms with Crippen molar-refractivity contribution in [1.29, 1.82) is 0 Å². The molecule has 0 spiro atoms. The average molecular weight is 300 g/mol. The molecule has 0 atom stereocenters. The van der Waals surface area contributed by atoms with Crippen molar-refractivity contribution in [3.8, 4) is 10.6 Å². The minimum absolute atomic E-state index is 0.102. The lowest BCUT2D eigenvalue weighted by atomic mass is 10.2. The highest BCUT2D eigenvalue weighted by molar-refractivity contribution is 7.14. The summed E-state index contributed by atoms with van der Waals surface area (Å²) in [7, 11) is 0. The van der Waals surface area contributed by atoms with E-state index in [1.165, 1.54) is 17.4 Å². The van der Waals surface area contributed by atoms with E-state index in [1.54, 1.807) is 12.1 Å². The van der Waals surface area contributed by atoms with E-state index in [0.29, 0.717) is 16.6 Å². The van der Waals surface area contributed by atoms with Gasteiger partial charge in [-0.05, 0) is 6.07 Å². The van der Waals surface area contributed by atoms with Crippen LogP contribution in [0.1, 0.15) is 18.9 Å². The molecule has 0 aliphatic rings. The third-order valence-corrected chi connectivity index (χ3v) is 3.94. The number of benzene rings is 1. The number of aromatic nitrogens is 2. The summed E-state index contributed by atoms with van der Waals surface area (Å²) in [6.45, 7) is 5.04. The lowest BCUT2D eigenvalue weighted by molar-refractivity contribution is 0.588. The Morgan fingerprint density at radius 1 is 1.37 bits per heavy atom. The molecule has 0 radical (unpaired) electrons. The van der Waals surface area contributed by atoms with Crippen LogP contribution in [0.15, 0.2) is 18.2 Å². The van der Waals surface area contributed by atoms with Gasteiger partial charge in [0.2, 0.25) is 0 Å². The molecule has 1 N–H and O–H groups in total. The van der Waals surface area contributed by atoms with E-state index in [1.807, 2.05) is 0 Å². The van der Waals surface area contributed by atoms with Crippen LogP contribution < -0.4 is 5.32 Å². The summed E-state index contributed by atoms with van der Waals surface area (Å²) >= 11 is 7.38. The highest BCUT2D eigenvalue weighted by Crippen LogP contribution is 2.31. The van der Waals surface area contributed by atoms with Crippen LogP contribution in [0.4, 0.5) is 4.39 Å². The topological polar surface area (TPSA) is 37.8 Å². The standard InChI is InChI=1S/C13H15ClFN3S/c1-8(2)16-7-6-11-17-18-13(19-11)9-4-3-5-10(15)12(9)14/h3-5,8,16H,6-7H2,1-2H3. The van der Waals surface area contributed by atoms with Crippen molar-refractivity contribution in [3.05, 3.63) is 34.0 Å². The first kappa shape index (κ1) is 14.4. The number of rotatable bonds is 5. The second kappa shape index (κ2) is 6.41. The molecule has 6 heteroatoms. The molecular formula is C13H15ClFN3S. The Morgan fingerprint density at radius 3 is 2.89 bits per heavy atom. The molecule has 0 fully saturated rings. The van der Waals surface area contributed by atoms with Gasteiger partial charge >= 0.3 is 0 Å². The zero-order valence-corrected chi connectivity index (χ0v) is 12.4. The molecule has 102 valence electrons. The molecule has 2 aromatic rings. The second-order valence-corrected chi connectivity index (χ2v) is 5.90. The van der Waals surface area contributed by atoms with Crippen molar-refractivity contribution in [2.45, 2.75) is 26.3 Å². The summed E-state index contributed by atoms with van der Waals surface area (Å²) in [5.74, 6) is -0.433. The smallest absolute Gasteiger partial charge is 0.149 e. The molecule has 0 saturated heterocycles. The Bertz CT molecular complexity index is 557. The largest absolute Gasteiger partial charge is 0.314 e. The minimum Gasteiger partial charge on any atom is -0.314 e. The van der Waals surface area contributed by atoms with Crippen LogP contribution in [-0.2, 0) is 6.42 Å². The number of halogens is 2. The summed E-state index contributed by atoms with van der Waals surface area (Å²) < 4.78 is 13.4. The van der Waals surface area contributed by atoms with Gasteiger partial charge in [-0.1, -0.05) is 48.9 Å². The summed E-state index contributed by atoms with van der Waals surface area (Å²) in [5.41, 5.74) is 0.599. The summed E-state index contributed by atoms with van der Waals surface area (Å²) in [6.07, 6.45) is 0.808. The van der Waals surface area contributed by atoms with Gasteiger partial charge in [0.25, 0.3) is 0 Å². The Labute approximate surface area is 120 Å². The predicted molar refractivity (Wildman–Crippen MR) is 77.2 cm³/mol. The van der Waals surface area contributed by atoms with E-state index >= 15 is 0 Å². The normalized spacial score (nSPS) is 11.2. The maximum Gasteiger partial charge on any atom is 0.149 e. The van der Waals surface area contributed by atoms with Crippen LogP contribution in [0.2, 0.25) is 5.02 Å². The van der Waals surface area contributed by atoms with Crippen LogP contribution in [0, 0.1) is 5.82 Å². The molecule has 0 unspecified atom stereocenters. The van der Waals surface area contributed by atoms with Crippen molar-refractivity contribution >= 4 is 22.9 Å². The van der Waals surface area contributed by atoms with Crippen molar-refractivity contribution < 1.29 is 4.39 Å². The van der Waals surface area contributed by atoms with Gasteiger partial charge in [0.15, 0.2) is 0 Å². The quantitative estimate of drug-likeness (QED) is 0.917. The lowest BCUT2D eigenvalue weighted by Gasteiger charge is -2.05. The van der Waals surface area contributed by atoms with Gasteiger partial charge in [-0.3, -0.25) is 0 Å². The summed E-state index contributed by atoms with van der Waals surface area (Å²) in [4.78, 5) is 0. The maximum absolute atomic E-state index is 13.4. The van der Waals surface area contributed by atoms with E-state index in [4.69, 9.17) is 11.6 Å². The Hall–Kier alpha value is -1.04. The van der Waals surface area contributed by atoms with Gasteiger partial charge in [-0.2, -0.15) is 0 Å². The molecule has 2 rings (SSSR count). The van der Waals surface area contributed by atoms with Crippen molar-refractivity contribution in [3.63, 3.8) is 0 Å². The van der Waals surface area contributed by atoms with Crippen LogP contribution in [0.25, 0.3) is 10.6 Å². The predicted octanol–water partition coefficient (Wildman–Crippen LogP) is 3.54. The van der Waals surface area contributed by atoms with Crippen molar-refractivity contribution in [1.82, 2.24) is 15.5 Å². The molecule has 1 heterocycles. The van der Waals surface area contributed by atoms with Gasteiger partial charge in [0, 0.05) is 24.6 Å².